The number of hydrogen-bond acceptors (Lipinski definition) is 7. The maximum atomic E-state index is 12.6. The lowest BCUT2D eigenvalue weighted by Gasteiger charge is -2.21. The fourth-order valence-electron chi connectivity index (χ4n) is 3.29. The second-order valence-electron chi connectivity index (χ2n) is 6.67. The lowest BCUT2D eigenvalue weighted by atomic mass is 9.96. The molecular weight excluding hydrogens is 412 g/mol. The van der Waals surface area contributed by atoms with Gasteiger partial charge >= 0.3 is 0 Å². The van der Waals surface area contributed by atoms with Gasteiger partial charge in [0.05, 0.1) is 34.2 Å². The number of hydrazone groups is 1. The van der Waals surface area contributed by atoms with Gasteiger partial charge in [-0.05, 0) is 12.1 Å². The van der Waals surface area contributed by atoms with Gasteiger partial charge in [0.1, 0.15) is 6.61 Å². The Bertz CT molecular complexity index is 1120. The third-order valence-corrected chi connectivity index (χ3v) is 5.05. The van der Waals surface area contributed by atoms with Gasteiger partial charge in [0.15, 0.2) is 0 Å². The van der Waals surface area contributed by atoms with Crippen molar-refractivity contribution in [3.63, 3.8) is 0 Å². The lowest BCUT2D eigenvalue weighted by molar-refractivity contribution is -0.385. The molecule has 0 fully saturated rings. The van der Waals surface area contributed by atoms with Gasteiger partial charge in [0.2, 0.25) is 10.0 Å². The van der Waals surface area contributed by atoms with E-state index in [9.17, 15) is 23.3 Å². The van der Waals surface area contributed by atoms with Crippen LogP contribution >= 0.6 is 0 Å². The number of methoxy groups -OCH3 is 1. The zero-order valence-electron chi connectivity index (χ0n) is 16.3. The molecule has 0 saturated carbocycles. The van der Waals surface area contributed by atoms with E-state index in [1.165, 1.54) is 18.2 Å². The predicted octanol–water partition coefficient (Wildman–Crippen LogP) is 2.29. The maximum Gasteiger partial charge on any atom is 0.274 e. The van der Waals surface area contributed by atoms with Gasteiger partial charge in [-0.3, -0.25) is 19.6 Å². The number of carbonyl (C=O) groups excluding carboxylic acids is 1. The molecule has 2 aromatic carbocycles. The molecular formula is C19H20N4O6S. The first-order chi connectivity index (χ1) is 14.2. The van der Waals surface area contributed by atoms with E-state index < -0.39 is 26.9 Å². The van der Waals surface area contributed by atoms with Crippen molar-refractivity contribution >= 4 is 33.0 Å². The number of ether oxygens (including phenoxy) is 1. The summed E-state index contributed by atoms with van der Waals surface area (Å²) in [6, 6.07) is 12.1. The molecule has 10 nitrogen and oxygen atoms in total. The van der Waals surface area contributed by atoms with Crippen LogP contribution in [0.2, 0.25) is 0 Å². The Balaban J connectivity index is 2.07. The average molecular weight is 432 g/mol. The molecule has 158 valence electrons. The summed E-state index contributed by atoms with van der Waals surface area (Å²) in [5, 5.41) is 17.1. The highest BCUT2D eigenvalue weighted by Crippen LogP contribution is 2.38. The van der Waals surface area contributed by atoms with E-state index in [2.05, 4.69) is 9.82 Å². The van der Waals surface area contributed by atoms with E-state index in [0.29, 0.717) is 22.5 Å². The molecule has 2 aromatic rings. The van der Waals surface area contributed by atoms with Gasteiger partial charge in [-0.25, -0.2) is 13.4 Å². The zero-order chi connectivity index (χ0) is 21.9. The van der Waals surface area contributed by atoms with Crippen molar-refractivity contribution in [1.29, 1.82) is 0 Å². The molecule has 0 spiro atoms. The zero-order valence-corrected chi connectivity index (χ0v) is 17.1. The second-order valence-corrected chi connectivity index (χ2v) is 8.42. The van der Waals surface area contributed by atoms with Gasteiger partial charge < -0.3 is 4.74 Å². The monoisotopic (exact) mass is 432 g/mol. The van der Waals surface area contributed by atoms with Crippen molar-refractivity contribution in [3.8, 4) is 0 Å². The van der Waals surface area contributed by atoms with E-state index in [1.807, 2.05) is 0 Å². The summed E-state index contributed by atoms with van der Waals surface area (Å²) < 4.78 is 30.8. The fraction of sp³-hybridized carbons (Fsp3) is 0.263. The molecule has 1 aliphatic heterocycles. The number of para-hydroxylation sites is 2. The molecule has 11 heteroatoms. The minimum absolute atomic E-state index is 0.128. The van der Waals surface area contributed by atoms with Crippen LogP contribution in [-0.2, 0) is 19.6 Å². The van der Waals surface area contributed by atoms with Crippen molar-refractivity contribution in [1.82, 2.24) is 5.01 Å². The largest absolute Gasteiger partial charge is 0.375 e. The topological polar surface area (TPSA) is 131 Å². The van der Waals surface area contributed by atoms with E-state index in [-0.39, 0.29) is 18.7 Å². The van der Waals surface area contributed by atoms with Crippen LogP contribution in [0, 0.1) is 10.1 Å². The number of nitro groups is 1. The van der Waals surface area contributed by atoms with E-state index in [0.717, 1.165) is 6.26 Å². The molecule has 1 aliphatic rings. The van der Waals surface area contributed by atoms with Crippen LogP contribution in [0.15, 0.2) is 53.6 Å². The molecule has 1 N–H and O–H groups in total. The minimum atomic E-state index is -3.55. The molecule has 0 aliphatic carbocycles. The third-order valence-electron chi connectivity index (χ3n) is 4.46. The maximum absolute atomic E-state index is 12.6. The first-order valence-corrected chi connectivity index (χ1v) is 10.8. The summed E-state index contributed by atoms with van der Waals surface area (Å²) in [6.45, 7) is -0.253. The molecule has 30 heavy (non-hydrogen) atoms. The van der Waals surface area contributed by atoms with Crippen molar-refractivity contribution in [2.45, 2.75) is 12.5 Å². The van der Waals surface area contributed by atoms with E-state index in [4.69, 9.17) is 4.74 Å². The van der Waals surface area contributed by atoms with Gasteiger partial charge in [0, 0.05) is 25.2 Å². The third kappa shape index (κ3) is 4.63. The normalized spacial score (nSPS) is 16.3. The van der Waals surface area contributed by atoms with Crippen molar-refractivity contribution in [2.24, 2.45) is 5.10 Å². The Hall–Kier alpha value is -3.31. The van der Waals surface area contributed by atoms with Gasteiger partial charge in [-0.2, -0.15) is 5.10 Å². The van der Waals surface area contributed by atoms with Crippen LogP contribution in [0.1, 0.15) is 23.6 Å². The van der Waals surface area contributed by atoms with Crippen molar-refractivity contribution in [3.05, 3.63) is 69.8 Å². The summed E-state index contributed by atoms with van der Waals surface area (Å²) in [7, 11) is -2.18. The van der Waals surface area contributed by atoms with E-state index >= 15 is 0 Å². The Morgan fingerprint density at radius 1 is 1.27 bits per heavy atom. The highest BCUT2D eigenvalue weighted by atomic mass is 32.2. The highest BCUT2D eigenvalue weighted by Gasteiger charge is 2.37. The van der Waals surface area contributed by atoms with Gasteiger partial charge in [-0.1, -0.05) is 30.3 Å². The number of benzene rings is 2. The van der Waals surface area contributed by atoms with Gasteiger partial charge in [-0.15, -0.1) is 0 Å². The number of nitrogens with one attached hydrogen (secondary N) is 1. The van der Waals surface area contributed by atoms with Crippen LogP contribution in [-0.4, -0.2) is 49.9 Å². The second kappa shape index (κ2) is 8.59. The molecule has 0 saturated heterocycles. The molecule has 3 rings (SSSR count). The predicted molar refractivity (Wildman–Crippen MR) is 111 cm³/mol. The van der Waals surface area contributed by atoms with Crippen LogP contribution in [0.5, 0.6) is 0 Å². The summed E-state index contributed by atoms with van der Waals surface area (Å²) >= 11 is 0. The molecule has 1 atom stereocenters. The number of sulfonamides is 1. The van der Waals surface area contributed by atoms with Crippen LogP contribution in [0.4, 0.5) is 11.4 Å². The highest BCUT2D eigenvalue weighted by molar-refractivity contribution is 7.92. The Morgan fingerprint density at radius 2 is 1.93 bits per heavy atom. The number of nitro benzene ring substituents is 1. The summed E-state index contributed by atoms with van der Waals surface area (Å²) in [5.41, 5.74) is 1.42. The number of carbonyl (C=O) groups is 1. The standard InChI is InChI=1S/C19H20N4O6S/c1-29-12-19(24)22-18(14-8-4-6-10-17(14)23(25)26)11-16(20-22)13-7-3-5-9-15(13)21-30(2,27)28/h3-10,18,21H,11-12H2,1-2H3/t18-/m1/s1. The molecule has 0 unspecified atom stereocenters. The molecule has 1 amide bonds. The Kier molecular flexibility index (Phi) is 6.13. The van der Waals surface area contributed by atoms with Crippen LogP contribution in [0.25, 0.3) is 0 Å². The number of anilines is 1. The fourth-order valence-corrected chi connectivity index (χ4v) is 3.87. The molecule has 0 aromatic heterocycles. The van der Waals surface area contributed by atoms with Crippen molar-refractivity contribution < 1.29 is 22.9 Å². The summed E-state index contributed by atoms with van der Waals surface area (Å²) in [4.78, 5) is 23.6. The van der Waals surface area contributed by atoms with E-state index in [1.54, 1.807) is 42.5 Å². The minimum Gasteiger partial charge on any atom is -0.375 e. The van der Waals surface area contributed by atoms with Crippen LogP contribution in [0.3, 0.4) is 0 Å². The summed E-state index contributed by atoms with van der Waals surface area (Å²) in [5.74, 6) is -0.468. The molecule has 1 heterocycles. The SMILES string of the molecule is COCC(=O)N1N=C(c2ccccc2NS(C)(=O)=O)C[C@@H]1c1ccccc1[N+](=O)[O-]. The van der Waals surface area contributed by atoms with Crippen molar-refractivity contribution in [2.75, 3.05) is 24.7 Å². The number of hydrogen-bond donors (Lipinski definition) is 1. The number of nitrogens with zero attached hydrogens (tertiary/aromatic N) is 3. The Labute approximate surface area is 173 Å². The molecule has 0 bridgehead atoms. The first-order valence-electron chi connectivity index (χ1n) is 8.90. The quantitative estimate of drug-likeness (QED) is 0.527. The molecule has 0 radical (unpaired) electrons. The van der Waals surface area contributed by atoms with Gasteiger partial charge in [0.25, 0.3) is 11.6 Å². The first kappa shape index (κ1) is 21.4. The number of rotatable bonds is 7. The Morgan fingerprint density at radius 3 is 2.60 bits per heavy atom. The smallest absolute Gasteiger partial charge is 0.274 e. The average Bonchev–Trinajstić information content (AvgIpc) is 3.12. The summed E-state index contributed by atoms with van der Waals surface area (Å²) in [6.07, 6.45) is 1.20. The lowest BCUT2D eigenvalue weighted by Crippen LogP contribution is -2.30. The number of amides is 1. The van der Waals surface area contributed by atoms with Crippen LogP contribution < -0.4 is 4.72 Å².